The zero-order valence-corrected chi connectivity index (χ0v) is 12.5. The van der Waals surface area contributed by atoms with Crippen LogP contribution in [0.4, 0.5) is 0 Å². The number of carbonyl (C=O) groups excluding carboxylic acids is 1. The molecule has 0 aromatic heterocycles. The lowest BCUT2D eigenvalue weighted by Gasteiger charge is -2.21. The summed E-state index contributed by atoms with van der Waals surface area (Å²) in [5, 5.41) is 9.56. The van der Waals surface area contributed by atoms with Crippen LogP contribution in [0.25, 0.3) is 0 Å². The van der Waals surface area contributed by atoms with Crippen molar-refractivity contribution in [2.24, 2.45) is 5.73 Å². The summed E-state index contributed by atoms with van der Waals surface area (Å²) in [6.45, 7) is 0.287. The Morgan fingerprint density at radius 2 is 2.05 bits per heavy atom. The maximum Gasteiger partial charge on any atom is 0.303 e. The van der Waals surface area contributed by atoms with Crippen molar-refractivity contribution in [1.29, 1.82) is 0 Å². The zero-order chi connectivity index (χ0) is 15.3. The van der Waals surface area contributed by atoms with E-state index < -0.39 is 12.0 Å². The number of hydrogen-bond acceptors (Lipinski definition) is 3. The minimum Gasteiger partial charge on any atom is -0.481 e. The van der Waals surface area contributed by atoms with E-state index in [1.807, 2.05) is 0 Å². The lowest BCUT2D eigenvalue weighted by Crippen LogP contribution is -2.41. The molecule has 0 fully saturated rings. The van der Waals surface area contributed by atoms with E-state index >= 15 is 0 Å². The molecule has 0 aliphatic heterocycles. The Morgan fingerprint density at radius 1 is 1.40 bits per heavy atom. The molecule has 20 heavy (non-hydrogen) atoms. The van der Waals surface area contributed by atoms with E-state index in [1.54, 1.807) is 25.2 Å². The minimum absolute atomic E-state index is 0.104. The first-order valence-electron chi connectivity index (χ1n) is 5.97. The topological polar surface area (TPSA) is 83.6 Å². The average molecular weight is 319 g/mol. The quantitative estimate of drug-likeness (QED) is 0.841. The molecular weight excluding hydrogens is 303 g/mol. The van der Waals surface area contributed by atoms with Gasteiger partial charge in [0.1, 0.15) is 0 Å². The monoisotopic (exact) mass is 318 g/mol. The third-order valence-electron chi connectivity index (χ3n) is 2.79. The van der Waals surface area contributed by atoms with Crippen LogP contribution in [0.15, 0.2) is 18.2 Å². The molecule has 0 bridgehead atoms. The molecule has 0 saturated carbocycles. The Labute approximate surface area is 127 Å². The fraction of sp³-hybridized carbons (Fsp3) is 0.385. The summed E-state index contributed by atoms with van der Waals surface area (Å²) in [5.74, 6) is -1.30. The van der Waals surface area contributed by atoms with Gasteiger partial charge < -0.3 is 15.7 Å². The highest BCUT2D eigenvalue weighted by Gasteiger charge is 2.19. The molecule has 0 aliphatic rings. The van der Waals surface area contributed by atoms with Gasteiger partial charge in [0, 0.05) is 30.1 Å². The van der Waals surface area contributed by atoms with E-state index in [0.29, 0.717) is 10.0 Å². The maximum atomic E-state index is 12.0. The molecule has 0 saturated heterocycles. The number of carboxylic acid groups (broad SMARTS) is 1. The molecule has 0 aliphatic carbocycles. The Hall–Kier alpha value is -1.30. The van der Waals surface area contributed by atoms with Gasteiger partial charge in [-0.3, -0.25) is 9.59 Å². The number of halogens is 2. The van der Waals surface area contributed by atoms with Gasteiger partial charge in [0.25, 0.3) is 0 Å². The Bertz CT molecular complexity index is 508. The maximum absolute atomic E-state index is 12.0. The molecule has 0 heterocycles. The molecular formula is C13H16Cl2N2O3. The first-order valence-corrected chi connectivity index (χ1v) is 6.73. The number of aliphatic carboxylic acids is 1. The van der Waals surface area contributed by atoms with Gasteiger partial charge in [0.15, 0.2) is 0 Å². The molecule has 0 spiro atoms. The number of benzene rings is 1. The van der Waals surface area contributed by atoms with Crippen LogP contribution in [0.2, 0.25) is 10.0 Å². The highest BCUT2D eigenvalue weighted by molar-refractivity contribution is 6.35. The third-order valence-corrected chi connectivity index (χ3v) is 3.37. The predicted octanol–water partition coefficient (Wildman–Crippen LogP) is 2.14. The van der Waals surface area contributed by atoms with E-state index in [2.05, 4.69) is 0 Å². The molecule has 5 nitrogen and oxygen atoms in total. The normalized spacial score (nSPS) is 12.0. The zero-order valence-electron chi connectivity index (χ0n) is 11.0. The summed E-state index contributed by atoms with van der Waals surface area (Å²) in [4.78, 5) is 23.8. The first-order chi connectivity index (χ1) is 9.31. The van der Waals surface area contributed by atoms with Crippen molar-refractivity contribution < 1.29 is 14.7 Å². The first kappa shape index (κ1) is 16.8. The van der Waals surface area contributed by atoms with Crippen molar-refractivity contribution >= 4 is 35.1 Å². The van der Waals surface area contributed by atoms with Crippen LogP contribution < -0.4 is 5.73 Å². The molecule has 1 rings (SSSR count). The van der Waals surface area contributed by atoms with Crippen LogP contribution in [-0.2, 0) is 16.1 Å². The van der Waals surface area contributed by atoms with E-state index in [1.165, 1.54) is 4.90 Å². The standard InChI is InChI=1S/C13H16Cl2N2O3/c1-17(13(20)11(16)4-5-12(18)19)7-8-2-3-9(14)6-10(8)15/h2-3,6,11H,4-5,7,16H2,1H3,(H,18,19). The second kappa shape index (κ2) is 7.47. The second-order valence-corrected chi connectivity index (χ2v) is 5.31. The van der Waals surface area contributed by atoms with Gasteiger partial charge in [-0.05, 0) is 24.1 Å². The molecule has 1 aromatic rings. The number of carboxylic acids is 1. The number of amides is 1. The molecule has 0 radical (unpaired) electrons. The fourth-order valence-electron chi connectivity index (χ4n) is 1.67. The summed E-state index contributed by atoms with van der Waals surface area (Å²) in [6.07, 6.45) is -0.0324. The van der Waals surface area contributed by atoms with Crippen molar-refractivity contribution in [2.45, 2.75) is 25.4 Å². The average Bonchev–Trinajstić information content (AvgIpc) is 2.38. The van der Waals surface area contributed by atoms with Crippen molar-refractivity contribution in [3.63, 3.8) is 0 Å². The summed E-state index contributed by atoms with van der Waals surface area (Å²) in [7, 11) is 1.59. The molecule has 7 heteroatoms. The smallest absolute Gasteiger partial charge is 0.303 e. The van der Waals surface area contributed by atoms with Crippen molar-refractivity contribution in [3.05, 3.63) is 33.8 Å². The van der Waals surface area contributed by atoms with Crippen molar-refractivity contribution in [1.82, 2.24) is 4.90 Å². The van der Waals surface area contributed by atoms with Crippen LogP contribution in [0.3, 0.4) is 0 Å². The number of carbonyl (C=O) groups is 2. The summed E-state index contributed by atoms with van der Waals surface area (Å²) in [5.41, 5.74) is 6.42. The van der Waals surface area contributed by atoms with Gasteiger partial charge in [-0.25, -0.2) is 0 Å². The molecule has 1 unspecified atom stereocenters. The van der Waals surface area contributed by atoms with Crippen LogP contribution in [-0.4, -0.2) is 35.0 Å². The summed E-state index contributed by atoms with van der Waals surface area (Å²) < 4.78 is 0. The molecule has 1 atom stereocenters. The van der Waals surface area contributed by atoms with E-state index in [4.69, 9.17) is 34.0 Å². The third kappa shape index (κ3) is 5.00. The van der Waals surface area contributed by atoms with Gasteiger partial charge in [-0.2, -0.15) is 0 Å². The Morgan fingerprint density at radius 3 is 2.60 bits per heavy atom. The van der Waals surface area contributed by atoms with E-state index in [0.717, 1.165) is 5.56 Å². The SMILES string of the molecule is CN(Cc1ccc(Cl)cc1Cl)C(=O)C(N)CCC(=O)O. The van der Waals surface area contributed by atoms with Gasteiger partial charge in [-0.15, -0.1) is 0 Å². The van der Waals surface area contributed by atoms with Crippen molar-refractivity contribution in [3.8, 4) is 0 Å². The molecule has 110 valence electrons. The van der Waals surface area contributed by atoms with Crippen molar-refractivity contribution in [2.75, 3.05) is 7.05 Å². The number of rotatable bonds is 6. The molecule has 1 amide bonds. The van der Waals surface area contributed by atoms with E-state index in [-0.39, 0.29) is 25.3 Å². The summed E-state index contributed by atoms with van der Waals surface area (Å²) in [6, 6.07) is 4.19. The fourth-order valence-corrected chi connectivity index (χ4v) is 2.14. The number of hydrogen-bond donors (Lipinski definition) is 2. The molecule has 3 N–H and O–H groups in total. The number of likely N-dealkylation sites (N-methyl/N-ethyl adjacent to an activating group) is 1. The van der Waals surface area contributed by atoms with Crippen LogP contribution >= 0.6 is 23.2 Å². The Balaban J connectivity index is 2.63. The second-order valence-electron chi connectivity index (χ2n) is 4.47. The largest absolute Gasteiger partial charge is 0.481 e. The minimum atomic E-state index is -0.975. The lowest BCUT2D eigenvalue weighted by atomic mass is 10.1. The Kier molecular flexibility index (Phi) is 6.26. The number of nitrogens with two attached hydrogens (primary N) is 1. The molecule has 1 aromatic carbocycles. The van der Waals surface area contributed by atoms with Gasteiger partial charge in [0.05, 0.1) is 6.04 Å². The van der Waals surface area contributed by atoms with Gasteiger partial charge in [0.2, 0.25) is 5.91 Å². The van der Waals surface area contributed by atoms with Crippen LogP contribution in [0, 0.1) is 0 Å². The van der Waals surface area contributed by atoms with Gasteiger partial charge >= 0.3 is 5.97 Å². The summed E-state index contributed by atoms with van der Waals surface area (Å²) >= 11 is 11.8. The highest BCUT2D eigenvalue weighted by Crippen LogP contribution is 2.22. The lowest BCUT2D eigenvalue weighted by molar-refractivity contribution is -0.137. The van der Waals surface area contributed by atoms with Crippen LogP contribution in [0.1, 0.15) is 18.4 Å². The highest BCUT2D eigenvalue weighted by atomic mass is 35.5. The predicted molar refractivity (Wildman–Crippen MR) is 77.8 cm³/mol. The van der Waals surface area contributed by atoms with E-state index in [9.17, 15) is 9.59 Å². The van der Waals surface area contributed by atoms with Crippen LogP contribution in [0.5, 0.6) is 0 Å². The number of nitrogens with zero attached hydrogens (tertiary/aromatic N) is 1. The van der Waals surface area contributed by atoms with Gasteiger partial charge in [-0.1, -0.05) is 29.3 Å².